The molecule has 1 atom stereocenters. The van der Waals surface area contributed by atoms with Crippen LogP contribution in [0.4, 0.5) is 0 Å². The number of nitrogens with zero attached hydrogens (tertiary/aromatic N) is 2. The van der Waals surface area contributed by atoms with Crippen LogP contribution in [0.15, 0.2) is 18.7 Å². The third-order valence-corrected chi connectivity index (χ3v) is 8.17. The van der Waals surface area contributed by atoms with Gasteiger partial charge in [-0.05, 0) is 12.8 Å². The predicted molar refractivity (Wildman–Crippen MR) is 174 cm³/mol. The minimum atomic E-state index is 0.0179. The third kappa shape index (κ3) is 26.4. The Labute approximate surface area is 256 Å². The molecule has 5 heteroatoms. The van der Waals surface area contributed by atoms with E-state index in [9.17, 15) is 0 Å². The molecule has 1 aromatic heterocycles. The zero-order valence-electron chi connectivity index (χ0n) is 27.9. The second kappa shape index (κ2) is 30.5. The molecule has 0 saturated heterocycles. The van der Waals surface area contributed by atoms with Crippen LogP contribution in [0.5, 0.6) is 0 Å². The molecule has 0 aromatic carbocycles. The Balaban J connectivity index is 2.06. The summed E-state index contributed by atoms with van der Waals surface area (Å²) in [6.45, 7) is 8.00. The van der Waals surface area contributed by atoms with E-state index in [0.29, 0.717) is 19.9 Å². The molecule has 1 unspecified atom stereocenters. The minimum absolute atomic E-state index is 0.0179. The molecule has 0 aliphatic rings. The van der Waals surface area contributed by atoms with Gasteiger partial charge < -0.3 is 14.2 Å². The Morgan fingerprint density at radius 3 is 1.39 bits per heavy atom. The molecule has 1 heterocycles. The molecule has 41 heavy (non-hydrogen) atoms. The number of aromatic nitrogens is 2. The lowest BCUT2D eigenvalue weighted by Crippen LogP contribution is -2.27. The first kappa shape index (κ1) is 38.1. The first-order valence-corrected chi connectivity index (χ1v) is 18.0. The maximum absolute atomic E-state index is 6.23. The third-order valence-electron chi connectivity index (χ3n) is 8.17. The van der Waals surface area contributed by atoms with E-state index >= 15 is 0 Å². The van der Waals surface area contributed by atoms with Crippen molar-refractivity contribution in [1.29, 1.82) is 0 Å². The molecule has 0 fully saturated rings. The van der Waals surface area contributed by atoms with Gasteiger partial charge in [0.25, 0.3) is 0 Å². The Bertz CT molecular complexity index is 636. The van der Waals surface area contributed by atoms with Crippen molar-refractivity contribution in [3.8, 4) is 0 Å². The summed E-state index contributed by atoms with van der Waals surface area (Å²) in [5.41, 5.74) is 0. The van der Waals surface area contributed by atoms with E-state index in [4.69, 9.17) is 14.2 Å². The van der Waals surface area contributed by atoms with Crippen molar-refractivity contribution in [2.75, 3.05) is 26.4 Å². The highest BCUT2D eigenvalue weighted by molar-refractivity contribution is 4.64. The molecule has 0 radical (unpaired) electrons. The smallest absolute Gasteiger partial charge is 0.245 e. The lowest BCUT2D eigenvalue weighted by Gasteiger charge is -2.18. The lowest BCUT2D eigenvalue weighted by molar-refractivity contribution is -0.671. The average Bonchev–Trinajstić information content (AvgIpc) is 3.39. The van der Waals surface area contributed by atoms with E-state index in [1.54, 1.807) is 0 Å². The van der Waals surface area contributed by atoms with Gasteiger partial charge in [-0.2, -0.15) is 0 Å². The summed E-state index contributed by atoms with van der Waals surface area (Å²) in [5, 5.41) is 0. The summed E-state index contributed by atoms with van der Waals surface area (Å²) in [6, 6.07) is 0. The lowest BCUT2D eigenvalue weighted by atomic mass is 10.1. The van der Waals surface area contributed by atoms with Crippen molar-refractivity contribution in [3.05, 3.63) is 18.7 Å². The average molecular weight is 580 g/mol. The van der Waals surface area contributed by atoms with Gasteiger partial charge in [0, 0.05) is 13.2 Å². The molecular formula is C36H71N2O3+. The number of imidazole rings is 1. The first-order valence-electron chi connectivity index (χ1n) is 18.0. The van der Waals surface area contributed by atoms with Crippen LogP contribution in [0, 0.1) is 0 Å². The maximum atomic E-state index is 6.23. The predicted octanol–water partition coefficient (Wildman–Crippen LogP) is 10.1. The van der Waals surface area contributed by atoms with Crippen LogP contribution in [0.25, 0.3) is 0 Å². The highest BCUT2D eigenvalue weighted by Gasteiger charge is 2.11. The largest absolute Gasteiger partial charge is 0.379 e. The summed E-state index contributed by atoms with van der Waals surface area (Å²) in [6.07, 6.45) is 39.0. The second-order valence-electron chi connectivity index (χ2n) is 12.4. The van der Waals surface area contributed by atoms with Crippen molar-refractivity contribution >= 4 is 0 Å². The molecule has 0 N–H and O–H groups in total. The molecule has 0 bridgehead atoms. The van der Waals surface area contributed by atoms with Crippen LogP contribution >= 0.6 is 0 Å². The van der Waals surface area contributed by atoms with Crippen molar-refractivity contribution in [2.24, 2.45) is 7.05 Å². The fraction of sp³-hybridized carbons (Fsp3) is 0.917. The maximum Gasteiger partial charge on any atom is 0.245 e. The highest BCUT2D eigenvalue weighted by Crippen LogP contribution is 2.13. The number of ether oxygens (including phenoxy) is 3. The van der Waals surface area contributed by atoms with Crippen LogP contribution in [0.1, 0.15) is 168 Å². The van der Waals surface area contributed by atoms with Gasteiger partial charge in [-0.15, -0.1) is 0 Å². The van der Waals surface area contributed by atoms with Gasteiger partial charge in [0.1, 0.15) is 18.5 Å². The highest BCUT2D eigenvalue weighted by atomic mass is 16.6. The monoisotopic (exact) mass is 580 g/mol. The molecule has 0 saturated carbocycles. The van der Waals surface area contributed by atoms with Crippen LogP contribution in [-0.4, -0.2) is 37.1 Å². The zero-order valence-corrected chi connectivity index (χ0v) is 27.9. The number of rotatable bonds is 33. The van der Waals surface area contributed by atoms with Crippen LogP contribution in [-0.2, 0) is 28.0 Å². The Morgan fingerprint density at radius 2 is 0.951 bits per heavy atom. The fourth-order valence-electron chi connectivity index (χ4n) is 5.46. The molecule has 0 spiro atoms. The number of unbranched alkanes of at least 4 members (excludes halogenated alkanes) is 22. The van der Waals surface area contributed by atoms with Crippen LogP contribution < -0.4 is 4.57 Å². The SMILES string of the molecule is CCCCCCCCCCCCCCOCC(COCn1cc[n+](C)c1)OCCCCCCCCCCCCCC. The number of aryl methyl sites for hydroxylation is 1. The Kier molecular flexibility index (Phi) is 28.4. The summed E-state index contributed by atoms with van der Waals surface area (Å²) in [5.74, 6) is 0. The Morgan fingerprint density at radius 1 is 0.537 bits per heavy atom. The number of hydrogen-bond donors (Lipinski definition) is 0. The second-order valence-corrected chi connectivity index (χ2v) is 12.4. The molecule has 242 valence electrons. The van der Waals surface area contributed by atoms with Crippen molar-refractivity contribution < 1.29 is 18.8 Å². The molecule has 0 amide bonds. The van der Waals surface area contributed by atoms with E-state index in [2.05, 4.69) is 18.4 Å². The molecule has 1 aromatic rings. The molecule has 0 aliphatic heterocycles. The summed E-state index contributed by atoms with van der Waals surface area (Å²) in [4.78, 5) is 0. The van der Waals surface area contributed by atoms with Crippen molar-refractivity contribution in [1.82, 2.24) is 4.57 Å². The van der Waals surface area contributed by atoms with Crippen LogP contribution in [0.2, 0.25) is 0 Å². The molecule has 0 aliphatic carbocycles. The summed E-state index contributed by atoms with van der Waals surface area (Å²) in [7, 11) is 2.03. The van der Waals surface area contributed by atoms with E-state index < -0.39 is 0 Å². The van der Waals surface area contributed by atoms with Gasteiger partial charge in [-0.25, -0.2) is 9.13 Å². The summed E-state index contributed by atoms with van der Waals surface area (Å²) >= 11 is 0. The quantitative estimate of drug-likeness (QED) is 0.0614. The van der Waals surface area contributed by atoms with Gasteiger partial charge >= 0.3 is 0 Å². The van der Waals surface area contributed by atoms with Gasteiger partial charge in [-0.1, -0.05) is 155 Å². The first-order chi connectivity index (χ1) is 20.3. The zero-order chi connectivity index (χ0) is 29.5. The van der Waals surface area contributed by atoms with Crippen LogP contribution in [0.3, 0.4) is 0 Å². The minimum Gasteiger partial charge on any atom is -0.379 e. The van der Waals surface area contributed by atoms with Gasteiger partial charge in [0.05, 0.1) is 20.3 Å². The van der Waals surface area contributed by atoms with Crippen molar-refractivity contribution in [3.63, 3.8) is 0 Å². The molecule has 1 rings (SSSR count). The van der Waals surface area contributed by atoms with E-state index in [0.717, 1.165) is 26.1 Å². The van der Waals surface area contributed by atoms with E-state index in [1.807, 2.05) is 30.3 Å². The van der Waals surface area contributed by atoms with Gasteiger partial charge in [0.15, 0.2) is 6.73 Å². The number of hydrogen-bond acceptors (Lipinski definition) is 3. The normalized spacial score (nSPS) is 12.4. The van der Waals surface area contributed by atoms with E-state index in [-0.39, 0.29) is 6.10 Å². The fourth-order valence-corrected chi connectivity index (χ4v) is 5.46. The molecular weight excluding hydrogens is 508 g/mol. The van der Waals surface area contributed by atoms with Gasteiger partial charge in [-0.3, -0.25) is 0 Å². The summed E-state index contributed by atoms with van der Waals surface area (Å²) < 4.78 is 22.3. The van der Waals surface area contributed by atoms with Crippen molar-refractivity contribution in [2.45, 2.75) is 181 Å². The van der Waals surface area contributed by atoms with Gasteiger partial charge in [0.2, 0.25) is 6.33 Å². The standard InChI is InChI=1S/C36H71N2O3/c1-4-6-8-10-12-14-16-18-20-22-24-26-30-39-32-36(33-40-35-38-29-28-37(3)34-38)41-31-27-25-23-21-19-17-15-13-11-9-7-5-2/h28-29,34,36H,4-27,30-33,35H2,1-3H3/q+1. The molecule has 5 nitrogen and oxygen atoms in total. The van der Waals surface area contributed by atoms with E-state index in [1.165, 1.54) is 141 Å². The Hall–Kier alpha value is -0.910. The topological polar surface area (TPSA) is 36.5 Å².